The molecule has 0 saturated heterocycles. The standard InChI is InChI=1S/C42H81NO6/c1-3-5-7-9-11-13-15-17-19-21-23-25-29-33-37(41(46,47)39(43)45)38(44)42(48,49)40(35-31-27-28-32-36-40)34-30-26-24-22-20-18-16-14-12-10-8-6-4-2/h37,46-49H,3-36H2,1-2H3,(H2,43,45). The third kappa shape index (κ3) is 18.3. The van der Waals surface area contributed by atoms with Crippen LogP contribution in [0.1, 0.15) is 232 Å². The molecule has 0 aliphatic heterocycles. The van der Waals surface area contributed by atoms with E-state index >= 15 is 0 Å². The number of carbonyl (C=O) groups is 2. The van der Waals surface area contributed by atoms with Crippen molar-refractivity contribution in [3.63, 3.8) is 0 Å². The minimum atomic E-state index is -3.13. The molecule has 290 valence electrons. The highest BCUT2D eigenvalue weighted by atomic mass is 16.5. The molecule has 49 heavy (non-hydrogen) atoms. The van der Waals surface area contributed by atoms with Crippen molar-refractivity contribution in [3.8, 4) is 0 Å². The van der Waals surface area contributed by atoms with Crippen molar-refractivity contribution < 1.29 is 30.0 Å². The minimum Gasteiger partial charge on any atom is -0.365 e. The molecule has 0 bridgehead atoms. The number of nitrogens with two attached hydrogens (primary N) is 1. The molecular formula is C42H81NO6. The lowest BCUT2D eigenvalue weighted by molar-refractivity contribution is -0.256. The molecule has 7 heteroatoms. The first-order valence-corrected chi connectivity index (χ1v) is 21.3. The Morgan fingerprint density at radius 2 is 0.857 bits per heavy atom. The Kier molecular flexibility index (Phi) is 25.9. The van der Waals surface area contributed by atoms with Gasteiger partial charge in [-0.05, 0) is 25.7 Å². The van der Waals surface area contributed by atoms with E-state index in [4.69, 9.17) is 5.73 Å². The summed E-state index contributed by atoms with van der Waals surface area (Å²) < 4.78 is 0. The SMILES string of the molecule is CCCCCCCCCCCCCCCC(C(=O)C(O)(O)C1(CCCCCCCCCCCCCCC)CCCCCC1)C(O)(O)C(N)=O. The number of aliphatic hydroxyl groups is 4. The second-order valence-corrected chi connectivity index (χ2v) is 15.9. The summed E-state index contributed by atoms with van der Waals surface area (Å²) in [6.07, 6.45) is 35.6. The average molecular weight is 696 g/mol. The molecule has 0 spiro atoms. The predicted molar refractivity (Wildman–Crippen MR) is 203 cm³/mol. The van der Waals surface area contributed by atoms with Gasteiger partial charge in [0.1, 0.15) is 0 Å². The highest BCUT2D eigenvalue weighted by Gasteiger charge is 2.59. The van der Waals surface area contributed by atoms with Crippen LogP contribution in [0.3, 0.4) is 0 Å². The number of rotatable bonds is 33. The van der Waals surface area contributed by atoms with Crippen LogP contribution in [-0.4, -0.2) is 43.7 Å². The zero-order valence-corrected chi connectivity index (χ0v) is 32.3. The van der Waals surface area contributed by atoms with E-state index in [-0.39, 0.29) is 6.42 Å². The summed E-state index contributed by atoms with van der Waals surface area (Å²) in [5.74, 6) is -10.1. The zero-order valence-electron chi connectivity index (χ0n) is 32.3. The van der Waals surface area contributed by atoms with Crippen LogP contribution in [0.15, 0.2) is 0 Å². The number of hydrogen-bond acceptors (Lipinski definition) is 6. The molecule has 0 aromatic rings. The van der Waals surface area contributed by atoms with Gasteiger partial charge in [0.25, 0.3) is 11.7 Å². The number of amides is 1. The molecule has 1 atom stereocenters. The van der Waals surface area contributed by atoms with Gasteiger partial charge in [-0.25, -0.2) is 0 Å². The summed E-state index contributed by atoms with van der Waals surface area (Å²) in [4.78, 5) is 26.1. The van der Waals surface area contributed by atoms with Gasteiger partial charge in [-0.3, -0.25) is 9.59 Å². The van der Waals surface area contributed by atoms with Gasteiger partial charge < -0.3 is 26.2 Å². The van der Waals surface area contributed by atoms with Crippen molar-refractivity contribution in [1.29, 1.82) is 0 Å². The lowest BCUT2D eigenvalue weighted by Gasteiger charge is -2.45. The topological polar surface area (TPSA) is 141 Å². The summed E-state index contributed by atoms with van der Waals surface area (Å²) in [7, 11) is 0. The second-order valence-electron chi connectivity index (χ2n) is 15.9. The van der Waals surface area contributed by atoms with Crippen LogP contribution in [0.25, 0.3) is 0 Å². The summed E-state index contributed by atoms with van der Waals surface area (Å²) in [5.41, 5.74) is 4.30. The molecule has 1 fully saturated rings. The molecule has 6 N–H and O–H groups in total. The van der Waals surface area contributed by atoms with E-state index in [1.165, 1.54) is 116 Å². The van der Waals surface area contributed by atoms with Crippen molar-refractivity contribution in [3.05, 3.63) is 0 Å². The molecule has 1 rings (SSSR count). The molecule has 1 amide bonds. The fourth-order valence-electron chi connectivity index (χ4n) is 8.22. The normalized spacial score (nSPS) is 16.0. The zero-order chi connectivity index (χ0) is 36.3. The molecule has 0 aromatic heterocycles. The number of primary amides is 1. The van der Waals surface area contributed by atoms with Crippen molar-refractivity contribution in [1.82, 2.24) is 0 Å². The summed E-state index contributed by atoms with van der Waals surface area (Å²) in [5, 5.41) is 45.0. The van der Waals surface area contributed by atoms with Crippen molar-refractivity contribution >= 4 is 11.7 Å². The number of carbonyl (C=O) groups excluding carboxylic acids is 2. The van der Waals surface area contributed by atoms with Gasteiger partial charge in [0, 0.05) is 5.41 Å². The fraction of sp³-hybridized carbons (Fsp3) is 0.952. The van der Waals surface area contributed by atoms with E-state index in [1.54, 1.807) is 0 Å². The van der Waals surface area contributed by atoms with Gasteiger partial charge in [0.05, 0.1) is 5.92 Å². The maximum Gasteiger partial charge on any atom is 0.278 e. The van der Waals surface area contributed by atoms with Gasteiger partial charge >= 0.3 is 0 Å². The predicted octanol–water partition coefficient (Wildman–Crippen LogP) is 10.3. The fourth-order valence-corrected chi connectivity index (χ4v) is 8.22. The highest BCUT2D eigenvalue weighted by molar-refractivity contribution is 5.95. The Morgan fingerprint density at radius 3 is 1.20 bits per heavy atom. The largest absolute Gasteiger partial charge is 0.365 e. The van der Waals surface area contributed by atoms with Crippen molar-refractivity contribution in [2.45, 2.75) is 244 Å². The van der Waals surface area contributed by atoms with Crippen molar-refractivity contribution in [2.24, 2.45) is 17.1 Å². The molecule has 0 radical (unpaired) electrons. The van der Waals surface area contributed by atoms with Crippen LogP contribution >= 0.6 is 0 Å². The Balaban J connectivity index is 2.64. The first-order valence-electron chi connectivity index (χ1n) is 21.3. The smallest absolute Gasteiger partial charge is 0.278 e. The first kappa shape index (κ1) is 46.0. The molecular weight excluding hydrogens is 614 g/mol. The Hall–Kier alpha value is -1.02. The Morgan fingerprint density at radius 1 is 0.531 bits per heavy atom. The molecule has 7 nitrogen and oxygen atoms in total. The van der Waals surface area contributed by atoms with Crippen LogP contribution in [0, 0.1) is 11.3 Å². The Bertz CT molecular complexity index is 820. The van der Waals surface area contributed by atoms with Crippen LogP contribution < -0.4 is 5.73 Å². The van der Waals surface area contributed by atoms with E-state index < -0.39 is 34.6 Å². The summed E-state index contributed by atoms with van der Waals surface area (Å²) >= 11 is 0. The lowest BCUT2D eigenvalue weighted by Crippen LogP contribution is -2.62. The summed E-state index contributed by atoms with van der Waals surface area (Å²) in [6, 6.07) is 0. The molecule has 1 aliphatic rings. The van der Waals surface area contributed by atoms with Gasteiger partial charge in [-0.2, -0.15) is 0 Å². The third-order valence-corrected chi connectivity index (χ3v) is 11.7. The van der Waals surface area contributed by atoms with Crippen LogP contribution in [-0.2, 0) is 9.59 Å². The molecule has 1 unspecified atom stereocenters. The maximum absolute atomic E-state index is 14.0. The van der Waals surface area contributed by atoms with Gasteiger partial charge in [0.15, 0.2) is 0 Å². The maximum atomic E-state index is 14.0. The quantitative estimate of drug-likeness (QED) is 0.0263. The summed E-state index contributed by atoms with van der Waals surface area (Å²) in [6.45, 7) is 4.49. The Labute approximate surface area is 302 Å². The van der Waals surface area contributed by atoms with Gasteiger partial charge in [-0.15, -0.1) is 0 Å². The monoisotopic (exact) mass is 696 g/mol. The van der Waals surface area contributed by atoms with E-state index in [2.05, 4.69) is 13.8 Å². The molecule has 1 saturated carbocycles. The second kappa shape index (κ2) is 27.6. The first-order chi connectivity index (χ1) is 23.6. The van der Waals surface area contributed by atoms with Crippen LogP contribution in [0.5, 0.6) is 0 Å². The van der Waals surface area contributed by atoms with Crippen LogP contribution in [0.2, 0.25) is 0 Å². The minimum absolute atomic E-state index is 0.0236. The average Bonchev–Trinajstić information content (AvgIpc) is 3.33. The lowest BCUT2D eigenvalue weighted by atomic mass is 9.65. The van der Waals surface area contributed by atoms with Crippen molar-refractivity contribution in [2.75, 3.05) is 0 Å². The number of unbranched alkanes of at least 4 members (excludes halogenated alkanes) is 24. The number of Topliss-reactive ketones (excluding diaryl/α,β-unsaturated/α-hetero) is 1. The van der Waals surface area contributed by atoms with E-state index in [9.17, 15) is 30.0 Å². The number of hydrogen-bond donors (Lipinski definition) is 5. The molecule has 0 heterocycles. The third-order valence-electron chi connectivity index (χ3n) is 11.7. The van der Waals surface area contributed by atoms with E-state index in [0.29, 0.717) is 25.7 Å². The van der Waals surface area contributed by atoms with Gasteiger partial charge in [0.2, 0.25) is 11.6 Å². The number of ketones is 1. The molecule has 1 aliphatic carbocycles. The van der Waals surface area contributed by atoms with Crippen LogP contribution in [0.4, 0.5) is 0 Å². The van der Waals surface area contributed by atoms with E-state index in [1.807, 2.05) is 0 Å². The highest BCUT2D eigenvalue weighted by Crippen LogP contribution is 2.49. The molecule has 0 aromatic carbocycles. The van der Waals surface area contributed by atoms with Gasteiger partial charge in [-0.1, -0.05) is 206 Å². The van der Waals surface area contributed by atoms with E-state index in [0.717, 1.165) is 70.6 Å².